The Labute approximate surface area is 96.8 Å². The predicted octanol–water partition coefficient (Wildman–Crippen LogP) is -0.376. The summed E-state index contributed by atoms with van der Waals surface area (Å²) in [7, 11) is 1.66. The quantitative estimate of drug-likeness (QED) is 0.751. The summed E-state index contributed by atoms with van der Waals surface area (Å²) in [6.07, 6.45) is 1.41. The predicted molar refractivity (Wildman–Crippen MR) is 57.8 cm³/mol. The molecule has 8 heteroatoms. The van der Waals surface area contributed by atoms with E-state index in [4.69, 9.17) is 10.3 Å². The molecule has 0 saturated heterocycles. The van der Waals surface area contributed by atoms with E-state index in [1.807, 2.05) is 0 Å². The first-order valence-electron chi connectivity index (χ1n) is 4.93. The van der Waals surface area contributed by atoms with E-state index in [0.717, 1.165) is 0 Å². The van der Waals surface area contributed by atoms with Crippen molar-refractivity contribution >= 4 is 11.7 Å². The first-order chi connectivity index (χ1) is 8.08. The minimum absolute atomic E-state index is 0.161. The molecule has 0 aliphatic rings. The highest BCUT2D eigenvalue weighted by Crippen LogP contribution is 2.08. The molecule has 17 heavy (non-hydrogen) atoms. The minimum atomic E-state index is -0.327. The molecule has 0 radical (unpaired) electrons. The number of carbonyl (C=O) groups is 1. The molecule has 2 aromatic rings. The van der Waals surface area contributed by atoms with Gasteiger partial charge in [0.15, 0.2) is 5.82 Å². The Hall–Kier alpha value is -2.38. The van der Waals surface area contributed by atoms with Crippen LogP contribution in [0, 0.1) is 6.92 Å². The van der Waals surface area contributed by atoms with E-state index >= 15 is 0 Å². The number of nitrogen functional groups attached to an aromatic ring is 1. The average molecular weight is 236 g/mol. The number of amides is 1. The fourth-order valence-electron chi connectivity index (χ4n) is 1.28. The second-order valence-electron chi connectivity index (χ2n) is 3.49. The van der Waals surface area contributed by atoms with Crippen LogP contribution in [0.5, 0.6) is 0 Å². The maximum atomic E-state index is 11.7. The highest BCUT2D eigenvalue weighted by molar-refractivity contribution is 5.98. The first kappa shape index (κ1) is 11.1. The molecule has 1 amide bonds. The molecule has 2 heterocycles. The van der Waals surface area contributed by atoms with E-state index in [9.17, 15) is 4.79 Å². The third-order valence-corrected chi connectivity index (χ3v) is 2.20. The summed E-state index contributed by atoms with van der Waals surface area (Å²) in [6, 6.07) is 0. The van der Waals surface area contributed by atoms with Crippen LogP contribution in [0.15, 0.2) is 10.7 Å². The maximum Gasteiger partial charge on any atom is 0.257 e. The number of hydrogen-bond acceptors (Lipinski definition) is 6. The van der Waals surface area contributed by atoms with Crippen LogP contribution < -0.4 is 11.1 Å². The molecule has 0 fully saturated rings. The molecule has 2 aromatic heterocycles. The van der Waals surface area contributed by atoms with Gasteiger partial charge in [0.05, 0.1) is 12.7 Å². The van der Waals surface area contributed by atoms with Gasteiger partial charge < -0.3 is 15.6 Å². The van der Waals surface area contributed by atoms with Gasteiger partial charge in [-0.3, -0.25) is 9.48 Å². The highest BCUT2D eigenvalue weighted by atomic mass is 16.5. The van der Waals surface area contributed by atoms with Crippen LogP contribution in [-0.2, 0) is 13.6 Å². The third kappa shape index (κ3) is 2.25. The smallest absolute Gasteiger partial charge is 0.257 e. The summed E-state index contributed by atoms with van der Waals surface area (Å²) >= 11 is 0. The maximum absolute atomic E-state index is 11.7. The van der Waals surface area contributed by atoms with E-state index in [1.165, 1.54) is 10.9 Å². The largest absolute Gasteiger partial charge is 0.383 e. The van der Waals surface area contributed by atoms with Gasteiger partial charge in [0, 0.05) is 7.05 Å². The monoisotopic (exact) mass is 236 g/mol. The van der Waals surface area contributed by atoms with Gasteiger partial charge in [0.1, 0.15) is 11.4 Å². The molecule has 8 nitrogen and oxygen atoms in total. The van der Waals surface area contributed by atoms with Crippen LogP contribution >= 0.6 is 0 Å². The normalized spacial score (nSPS) is 10.5. The minimum Gasteiger partial charge on any atom is -0.383 e. The van der Waals surface area contributed by atoms with Gasteiger partial charge in [-0.25, -0.2) is 0 Å². The Kier molecular flexibility index (Phi) is 2.77. The van der Waals surface area contributed by atoms with Gasteiger partial charge in [-0.2, -0.15) is 10.1 Å². The molecule has 2 rings (SSSR count). The van der Waals surface area contributed by atoms with Gasteiger partial charge >= 0.3 is 0 Å². The third-order valence-electron chi connectivity index (χ3n) is 2.20. The Morgan fingerprint density at radius 3 is 2.94 bits per heavy atom. The lowest BCUT2D eigenvalue weighted by molar-refractivity contribution is 0.0947. The van der Waals surface area contributed by atoms with Gasteiger partial charge in [-0.05, 0) is 6.92 Å². The highest BCUT2D eigenvalue weighted by Gasteiger charge is 2.14. The standard InChI is InChI=1S/C9H12N6O2/c1-5-13-7(17-14-5)4-11-9(16)6-3-12-15(2)8(6)10/h3H,4,10H2,1-2H3,(H,11,16). The number of hydrogen-bond donors (Lipinski definition) is 2. The Morgan fingerprint density at radius 1 is 1.65 bits per heavy atom. The van der Waals surface area contributed by atoms with E-state index in [-0.39, 0.29) is 12.5 Å². The van der Waals surface area contributed by atoms with Crippen molar-refractivity contribution in [2.45, 2.75) is 13.5 Å². The lowest BCUT2D eigenvalue weighted by Gasteiger charge is -2.01. The van der Waals surface area contributed by atoms with Crippen molar-refractivity contribution in [2.75, 3.05) is 5.73 Å². The van der Waals surface area contributed by atoms with Crippen molar-refractivity contribution in [3.63, 3.8) is 0 Å². The summed E-state index contributed by atoms with van der Waals surface area (Å²) in [4.78, 5) is 15.7. The fraction of sp³-hybridized carbons (Fsp3) is 0.333. The number of aryl methyl sites for hydroxylation is 2. The molecular formula is C9H12N6O2. The topological polar surface area (TPSA) is 112 Å². The number of rotatable bonds is 3. The number of nitrogens with two attached hydrogens (primary N) is 1. The SMILES string of the molecule is Cc1noc(CNC(=O)c2cnn(C)c2N)n1. The van der Waals surface area contributed by atoms with Crippen LogP contribution in [0.3, 0.4) is 0 Å². The Bertz CT molecular complexity index is 543. The second kappa shape index (κ2) is 4.24. The number of nitrogens with one attached hydrogen (secondary N) is 1. The molecule has 0 bridgehead atoms. The Morgan fingerprint density at radius 2 is 2.41 bits per heavy atom. The van der Waals surface area contributed by atoms with Crippen LogP contribution in [0.25, 0.3) is 0 Å². The molecule has 0 aliphatic carbocycles. The number of anilines is 1. The number of aromatic nitrogens is 4. The van der Waals surface area contributed by atoms with Crippen LogP contribution in [0.4, 0.5) is 5.82 Å². The van der Waals surface area contributed by atoms with E-state index in [2.05, 4.69) is 20.6 Å². The number of carbonyl (C=O) groups excluding carboxylic acids is 1. The van der Waals surface area contributed by atoms with E-state index in [0.29, 0.717) is 23.1 Å². The van der Waals surface area contributed by atoms with E-state index in [1.54, 1.807) is 14.0 Å². The second-order valence-corrected chi connectivity index (χ2v) is 3.49. The number of nitrogens with zero attached hydrogens (tertiary/aromatic N) is 4. The molecule has 0 unspecified atom stereocenters. The van der Waals surface area contributed by atoms with Crippen LogP contribution in [0.1, 0.15) is 22.1 Å². The van der Waals surface area contributed by atoms with Gasteiger partial charge in [-0.1, -0.05) is 5.16 Å². The lowest BCUT2D eigenvalue weighted by Crippen LogP contribution is -2.23. The summed E-state index contributed by atoms with van der Waals surface area (Å²) < 4.78 is 6.28. The first-order valence-corrected chi connectivity index (χ1v) is 4.93. The van der Waals surface area contributed by atoms with Crippen molar-refractivity contribution < 1.29 is 9.32 Å². The van der Waals surface area contributed by atoms with Gasteiger partial charge in [-0.15, -0.1) is 0 Å². The van der Waals surface area contributed by atoms with Crippen LogP contribution in [-0.4, -0.2) is 25.8 Å². The molecule has 0 aromatic carbocycles. The molecule has 0 saturated carbocycles. The summed E-state index contributed by atoms with van der Waals surface area (Å²) in [5.74, 6) is 0.851. The van der Waals surface area contributed by atoms with Gasteiger partial charge in [0.25, 0.3) is 5.91 Å². The van der Waals surface area contributed by atoms with Crippen molar-refractivity contribution in [2.24, 2.45) is 7.05 Å². The fourth-order valence-corrected chi connectivity index (χ4v) is 1.28. The zero-order valence-electron chi connectivity index (χ0n) is 9.47. The van der Waals surface area contributed by atoms with Crippen molar-refractivity contribution in [3.8, 4) is 0 Å². The van der Waals surface area contributed by atoms with Gasteiger partial charge in [0.2, 0.25) is 5.89 Å². The van der Waals surface area contributed by atoms with Crippen molar-refractivity contribution in [1.29, 1.82) is 0 Å². The van der Waals surface area contributed by atoms with Crippen molar-refractivity contribution in [1.82, 2.24) is 25.2 Å². The summed E-state index contributed by atoms with van der Waals surface area (Å²) in [5.41, 5.74) is 5.99. The molecule has 0 aliphatic heterocycles. The summed E-state index contributed by atoms with van der Waals surface area (Å²) in [5, 5.41) is 10.1. The molecular weight excluding hydrogens is 224 g/mol. The molecule has 3 N–H and O–H groups in total. The van der Waals surface area contributed by atoms with Crippen molar-refractivity contribution in [3.05, 3.63) is 23.5 Å². The van der Waals surface area contributed by atoms with Crippen LogP contribution in [0.2, 0.25) is 0 Å². The zero-order valence-corrected chi connectivity index (χ0v) is 9.47. The zero-order chi connectivity index (χ0) is 12.4. The summed E-state index contributed by atoms with van der Waals surface area (Å²) in [6.45, 7) is 1.86. The molecule has 90 valence electrons. The Balaban J connectivity index is 2.00. The molecule has 0 spiro atoms. The van der Waals surface area contributed by atoms with E-state index < -0.39 is 0 Å². The average Bonchev–Trinajstić information content (AvgIpc) is 2.84. The lowest BCUT2D eigenvalue weighted by atomic mass is 10.3. The molecule has 0 atom stereocenters.